The van der Waals surface area contributed by atoms with E-state index in [1.165, 1.54) is 0 Å². The van der Waals surface area contributed by atoms with Gasteiger partial charge in [-0.3, -0.25) is 4.99 Å². The summed E-state index contributed by atoms with van der Waals surface area (Å²) >= 11 is 1.02. The highest BCUT2D eigenvalue weighted by molar-refractivity contribution is 7.09. The van der Waals surface area contributed by atoms with Crippen molar-refractivity contribution in [1.82, 2.24) is 15.2 Å². The summed E-state index contributed by atoms with van der Waals surface area (Å²) in [7, 11) is 1.94. The molecule has 0 aliphatic carbocycles. The molecule has 1 aromatic heterocycles. The van der Waals surface area contributed by atoms with Crippen molar-refractivity contribution >= 4 is 17.3 Å². The number of thiazole rings is 1. The van der Waals surface area contributed by atoms with Gasteiger partial charge in [-0.15, -0.1) is 17.9 Å². The van der Waals surface area contributed by atoms with E-state index in [4.69, 9.17) is 0 Å². The molecule has 0 saturated heterocycles. The fourth-order valence-electron chi connectivity index (χ4n) is 1.86. The van der Waals surface area contributed by atoms with Crippen LogP contribution in [-0.4, -0.2) is 42.5 Å². The molecule has 0 atom stereocenters. The number of alkyl halides is 3. The first-order valence-electron chi connectivity index (χ1n) is 7.50. The van der Waals surface area contributed by atoms with Gasteiger partial charge in [-0.05, 0) is 19.8 Å². The second-order valence-electron chi connectivity index (χ2n) is 4.96. The summed E-state index contributed by atoms with van der Waals surface area (Å²) in [6.45, 7) is 7.65. The molecule has 8 heteroatoms. The van der Waals surface area contributed by atoms with Gasteiger partial charge in [0.05, 0.1) is 5.01 Å². The number of unbranched alkanes of at least 4 members (excludes halogenated alkanes) is 1. The van der Waals surface area contributed by atoms with Crippen LogP contribution in [0.3, 0.4) is 0 Å². The van der Waals surface area contributed by atoms with Gasteiger partial charge in [0, 0.05) is 38.5 Å². The van der Waals surface area contributed by atoms with E-state index >= 15 is 0 Å². The number of halogens is 3. The molecule has 1 rings (SSSR count). The minimum Gasteiger partial charge on any atom is -0.357 e. The summed E-state index contributed by atoms with van der Waals surface area (Å²) in [5.41, 5.74) is -0.824. The van der Waals surface area contributed by atoms with Crippen LogP contribution in [0, 0.1) is 0 Å². The second kappa shape index (κ2) is 9.54. The standard InChI is InChI=1S/C15H23F3N4S/c1-4-6-7-10-22(3)14(19-5-2)20-9-8-13-21-12(11-23-13)15(16,17)18/h4,11H,1,5-10H2,2-3H3,(H,19,20). The van der Waals surface area contributed by atoms with Gasteiger partial charge in [0.2, 0.25) is 0 Å². The first kappa shape index (κ1) is 19.5. The molecule has 23 heavy (non-hydrogen) atoms. The molecule has 0 unspecified atom stereocenters. The first-order valence-corrected chi connectivity index (χ1v) is 8.38. The maximum absolute atomic E-state index is 12.5. The van der Waals surface area contributed by atoms with Crippen LogP contribution in [0.4, 0.5) is 13.2 Å². The summed E-state index contributed by atoms with van der Waals surface area (Å²) in [6, 6.07) is 0. The quantitative estimate of drug-likeness (QED) is 0.338. The highest BCUT2D eigenvalue weighted by atomic mass is 32.1. The predicted octanol–water partition coefficient (Wildman–Crippen LogP) is 3.57. The van der Waals surface area contributed by atoms with Crippen molar-refractivity contribution in [2.75, 3.05) is 26.7 Å². The highest BCUT2D eigenvalue weighted by Gasteiger charge is 2.33. The van der Waals surface area contributed by atoms with Gasteiger partial charge < -0.3 is 10.2 Å². The molecule has 1 N–H and O–H groups in total. The van der Waals surface area contributed by atoms with Crippen molar-refractivity contribution in [3.8, 4) is 0 Å². The van der Waals surface area contributed by atoms with Gasteiger partial charge in [0.15, 0.2) is 11.7 Å². The number of hydrogen-bond acceptors (Lipinski definition) is 3. The lowest BCUT2D eigenvalue weighted by Crippen LogP contribution is -2.39. The Labute approximate surface area is 139 Å². The number of rotatable bonds is 8. The molecule has 1 heterocycles. The van der Waals surface area contributed by atoms with Crippen LogP contribution in [0.2, 0.25) is 0 Å². The van der Waals surface area contributed by atoms with Crippen LogP contribution < -0.4 is 5.32 Å². The molecule has 0 aliphatic heterocycles. The van der Waals surface area contributed by atoms with Crippen molar-refractivity contribution in [1.29, 1.82) is 0 Å². The number of nitrogens with zero attached hydrogens (tertiary/aromatic N) is 3. The van der Waals surface area contributed by atoms with Crippen LogP contribution >= 0.6 is 11.3 Å². The molecule has 0 amide bonds. The number of nitrogens with one attached hydrogen (secondary N) is 1. The van der Waals surface area contributed by atoms with Gasteiger partial charge in [0.25, 0.3) is 0 Å². The Hall–Kier alpha value is -1.57. The Morgan fingerprint density at radius 3 is 2.83 bits per heavy atom. The van der Waals surface area contributed by atoms with Crippen molar-refractivity contribution in [2.45, 2.75) is 32.4 Å². The van der Waals surface area contributed by atoms with Crippen molar-refractivity contribution in [3.63, 3.8) is 0 Å². The molecule has 0 spiro atoms. The average Bonchev–Trinajstić information content (AvgIpc) is 2.95. The molecule has 0 saturated carbocycles. The third-order valence-electron chi connectivity index (χ3n) is 3.03. The lowest BCUT2D eigenvalue weighted by molar-refractivity contribution is -0.140. The van der Waals surface area contributed by atoms with Crippen molar-refractivity contribution < 1.29 is 13.2 Å². The minimum absolute atomic E-state index is 0.399. The zero-order chi connectivity index (χ0) is 17.3. The van der Waals surface area contributed by atoms with E-state index in [1.807, 2.05) is 24.9 Å². The number of aliphatic imine (C=N–C) groups is 1. The van der Waals surface area contributed by atoms with Crippen LogP contribution in [0.15, 0.2) is 23.0 Å². The largest absolute Gasteiger partial charge is 0.434 e. The van der Waals surface area contributed by atoms with E-state index in [0.29, 0.717) is 18.0 Å². The Balaban J connectivity index is 2.56. The molecule has 0 aliphatic rings. The lowest BCUT2D eigenvalue weighted by atomic mass is 10.3. The van der Waals surface area contributed by atoms with Gasteiger partial charge in [-0.25, -0.2) is 4.98 Å². The maximum Gasteiger partial charge on any atom is 0.434 e. The Kier molecular flexibility index (Phi) is 8.08. The van der Waals surface area contributed by atoms with Gasteiger partial charge in [-0.1, -0.05) is 6.08 Å². The topological polar surface area (TPSA) is 40.5 Å². The first-order chi connectivity index (χ1) is 10.9. The molecular formula is C15H23F3N4S. The normalized spacial score (nSPS) is 12.3. The number of aromatic nitrogens is 1. The summed E-state index contributed by atoms with van der Waals surface area (Å²) in [4.78, 5) is 10.1. The van der Waals surface area contributed by atoms with E-state index in [0.717, 1.165) is 48.6 Å². The third kappa shape index (κ3) is 7.02. The number of allylic oxidation sites excluding steroid dienone is 1. The molecule has 4 nitrogen and oxygen atoms in total. The zero-order valence-electron chi connectivity index (χ0n) is 13.5. The summed E-state index contributed by atoms with van der Waals surface area (Å²) in [5.74, 6) is 0.754. The fraction of sp³-hybridized carbons (Fsp3) is 0.600. The summed E-state index contributed by atoms with van der Waals surface area (Å²) in [5, 5.41) is 4.68. The van der Waals surface area contributed by atoms with E-state index in [-0.39, 0.29) is 0 Å². The third-order valence-corrected chi connectivity index (χ3v) is 3.94. The zero-order valence-corrected chi connectivity index (χ0v) is 14.3. The van der Waals surface area contributed by atoms with E-state index in [2.05, 4.69) is 21.9 Å². The van der Waals surface area contributed by atoms with Crippen molar-refractivity contribution in [3.05, 3.63) is 28.7 Å². The van der Waals surface area contributed by atoms with E-state index < -0.39 is 11.9 Å². The molecule has 0 radical (unpaired) electrons. The smallest absolute Gasteiger partial charge is 0.357 e. The van der Waals surface area contributed by atoms with E-state index in [1.54, 1.807) is 0 Å². The Bertz CT molecular complexity index is 511. The monoisotopic (exact) mass is 348 g/mol. The highest BCUT2D eigenvalue weighted by Crippen LogP contribution is 2.30. The summed E-state index contributed by atoms with van der Waals surface area (Å²) in [6.07, 6.45) is -0.192. The van der Waals surface area contributed by atoms with Gasteiger partial charge in [-0.2, -0.15) is 13.2 Å². The molecule has 1 aromatic rings. The molecule has 0 aromatic carbocycles. The van der Waals surface area contributed by atoms with Crippen LogP contribution in [0.1, 0.15) is 30.5 Å². The number of guanidine groups is 1. The maximum atomic E-state index is 12.5. The fourth-order valence-corrected chi connectivity index (χ4v) is 2.66. The molecule has 130 valence electrons. The van der Waals surface area contributed by atoms with E-state index in [9.17, 15) is 13.2 Å². The molecule has 0 fully saturated rings. The predicted molar refractivity (Wildman–Crippen MR) is 88.9 cm³/mol. The van der Waals surface area contributed by atoms with Crippen molar-refractivity contribution in [2.24, 2.45) is 4.99 Å². The number of hydrogen-bond donors (Lipinski definition) is 1. The second-order valence-corrected chi connectivity index (χ2v) is 5.91. The van der Waals surface area contributed by atoms with Gasteiger partial charge in [0.1, 0.15) is 0 Å². The molecular weight excluding hydrogens is 325 g/mol. The van der Waals surface area contributed by atoms with Crippen LogP contribution in [0.5, 0.6) is 0 Å². The molecule has 0 bridgehead atoms. The summed E-state index contributed by atoms with van der Waals surface area (Å²) < 4.78 is 37.5. The average molecular weight is 348 g/mol. The Morgan fingerprint density at radius 1 is 1.52 bits per heavy atom. The SMILES string of the molecule is C=CCCCN(C)C(=NCCc1nc(C(F)(F)F)cs1)NCC. The Morgan fingerprint density at radius 2 is 2.26 bits per heavy atom. The van der Waals surface area contributed by atoms with Gasteiger partial charge >= 0.3 is 6.18 Å². The van der Waals surface area contributed by atoms with Crippen LogP contribution in [-0.2, 0) is 12.6 Å². The van der Waals surface area contributed by atoms with Crippen LogP contribution in [0.25, 0.3) is 0 Å². The lowest BCUT2D eigenvalue weighted by Gasteiger charge is -2.21. The minimum atomic E-state index is -4.38.